The zero-order chi connectivity index (χ0) is 19.2. The lowest BCUT2D eigenvalue weighted by atomic mass is 9.97. The fourth-order valence-corrected chi connectivity index (χ4v) is 4.82. The highest BCUT2D eigenvalue weighted by Gasteiger charge is 2.48. The topological polar surface area (TPSA) is 43.4 Å². The first-order valence-corrected chi connectivity index (χ1v) is 10.9. The van der Waals surface area contributed by atoms with Gasteiger partial charge in [0.05, 0.1) is 17.0 Å². The van der Waals surface area contributed by atoms with Crippen molar-refractivity contribution in [3.8, 4) is 5.75 Å². The van der Waals surface area contributed by atoms with Crippen LogP contribution < -0.4 is 4.74 Å². The average molecular weight is 407 g/mol. The van der Waals surface area contributed by atoms with Crippen LogP contribution in [0.25, 0.3) is 11.1 Å². The summed E-state index contributed by atoms with van der Waals surface area (Å²) in [5.41, 5.74) is 4.86. The van der Waals surface area contributed by atoms with Crippen molar-refractivity contribution in [3.05, 3.63) is 58.6 Å². The predicted octanol–water partition coefficient (Wildman–Crippen LogP) is 5.53. The maximum absolute atomic E-state index is 12.7. The minimum atomic E-state index is -3.84. The Bertz CT molecular complexity index is 1020. The highest BCUT2D eigenvalue weighted by atomic mass is 35.5. The van der Waals surface area contributed by atoms with E-state index in [0.717, 1.165) is 24.0 Å². The van der Waals surface area contributed by atoms with E-state index in [4.69, 9.17) is 16.3 Å². The first-order chi connectivity index (χ1) is 12.9. The fourth-order valence-electron chi connectivity index (χ4n) is 3.89. The number of allylic oxidation sites excluding steroid dienone is 2. The molecule has 2 aliphatic rings. The lowest BCUT2D eigenvalue weighted by Gasteiger charge is -2.11. The number of alkyl halides is 1. The van der Waals surface area contributed by atoms with E-state index in [-0.39, 0.29) is 4.90 Å². The van der Waals surface area contributed by atoms with Gasteiger partial charge in [-0.3, -0.25) is 0 Å². The normalized spacial score (nSPS) is 18.2. The highest BCUT2D eigenvalue weighted by Crippen LogP contribution is 2.63. The van der Waals surface area contributed by atoms with Gasteiger partial charge in [-0.25, -0.2) is 12.8 Å². The third kappa shape index (κ3) is 3.39. The van der Waals surface area contributed by atoms with E-state index in [1.165, 1.54) is 36.1 Å². The van der Waals surface area contributed by atoms with Crippen molar-refractivity contribution >= 4 is 32.6 Å². The molecule has 0 N–H and O–H groups in total. The van der Waals surface area contributed by atoms with Crippen molar-refractivity contribution in [2.75, 3.05) is 13.1 Å². The van der Waals surface area contributed by atoms with Crippen molar-refractivity contribution in [2.45, 2.75) is 30.6 Å². The number of hydrogen-bond donors (Lipinski definition) is 0. The minimum Gasteiger partial charge on any atom is -0.495 e. The van der Waals surface area contributed by atoms with Crippen molar-refractivity contribution in [1.29, 1.82) is 0 Å². The molecule has 2 aromatic rings. The van der Waals surface area contributed by atoms with Gasteiger partial charge >= 0.3 is 0 Å². The molecule has 1 fully saturated rings. The summed E-state index contributed by atoms with van der Waals surface area (Å²) in [5.74, 6) is 0.641. The molecule has 1 saturated carbocycles. The number of rotatable bonds is 5. The highest BCUT2D eigenvalue weighted by molar-refractivity contribution is 7.91. The van der Waals surface area contributed by atoms with Gasteiger partial charge in [-0.2, -0.15) is 0 Å². The first-order valence-electron chi connectivity index (χ1n) is 8.83. The molecule has 6 heteroatoms. The molecule has 2 aliphatic carbocycles. The second kappa shape index (κ2) is 6.64. The summed E-state index contributed by atoms with van der Waals surface area (Å²) < 4.78 is 41.4. The Labute approximate surface area is 163 Å². The number of hydrogen-bond acceptors (Lipinski definition) is 3. The molecule has 0 aliphatic heterocycles. The molecule has 0 amide bonds. The van der Waals surface area contributed by atoms with Crippen LogP contribution in [0.15, 0.2) is 47.4 Å². The van der Waals surface area contributed by atoms with E-state index in [2.05, 4.69) is 0 Å². The third-order valence-electron chi connectivity index (χ3n) is 5.63. The number of halogens is 2. The number of sulfone groups is 1. The smallest absolute Gasteiger partial charge is 0.207 e. The summed E-state index contributed by atoms with van der Waals surface area (Å²) >= 11 is 6.33. The van der Waals surface area contributed by atoms with Gasteiger partial charge < -0.3 is 4.74 Å². The molecule has 0 radical (unpaired) electrons. The zero-order valence-corrected chi connectivity index (χ0v) is 16.5. The average Bonchev–Trinajstić information content (AvgIpc) is 3.32. The van der Waals surface area contributed by atoms with Gasteiger partial charge in [-0.15, -0.1) is 0 Å². The zero-order valence-electron chi connectivity index (χ0n) is 15.0. The summed E-state index contributed by atoms with van der Waals surface area (Å²) in [6.07, 6.45) is 4.38. The molecular weight excluding hydrogens is 387 g/mol. The molecule has 1 spiro atoms. The monoisotopic (exact) mass is 406 g/mol. The largest absolute Gasteiger partial charge is 0.495 e. The van der Waals surface area contributed by atoms with Crippen molar-refractivity contribution in [3.63, 3.8) is 0 Å². The Morgan fingerprint density at radius 3 is 2.15 bits per heavy atom. The second-order valence-electron chi connectivity index (χ2n) is 7.41. The molecule has 0 atom stereocenters. The van der Waals surface area contributed by atoms with Crippen LogP contribution in [0.5, 0.6) is 5.75 Å². The molecular formula is C21H20ClFO3S. The van der Waals surface area contributed by atoms with Crippen molar-refractivity contribution in [1.82, 2.24) is 0 Å². The molecule has 0 unspecified atom stereocenters. The molecule has 0 heterocycles. The minimum absolute atomic E-state index is 0.0162. The molecule has 0 bridgehead atoms. The van der Waals surface area contributed by atoms with Crippen LogP contribution >= 0.6 is 11.6 Å². The molecule has 0 saturated heterocycles. The van der Waals surface area contributed by atoms with Crippen LogP contribution in [0, 0.1) is 5.41 Å². The van der Waals surface area contributed by atoms with Crippen molar-refractivity contribution in [2.24, 2.45) is 5.41 Å². The first kappa shape index (κ1) is 18.5. The van der Waals surface area contributed by atoms with E-state index in [1.807, 2.05) is 18.2 Å². The van der Waals surface area contributed by atoms with Crippen LogP contribution in [-0.2, 0) is 9.84 Å². The molecule has 0 aromatic heterocycles. The number of benzene rings is 2. The molecule has 3 nitrogen and oxygen atoms in total. The lowest BCUT2D eigenvalue weighted by Crippen LogP contribution is -2.02. The van der Waals surface area contributed by atoms with E-state index in [9.17, 15) is 12.8 Å². The maximum Gasteiger partial charge on any atom is 0.207 e. The maximum atomic E-state index is 12.7. The van der Waals surface area contributed by atoms with Gasteiger partial charge in [0, 0.05) is 0 Å². The SMILES string of the molecule is COc1ccc(C2=C(c3ccc(S(=O)(=O)CF)cc3)CC3(CC3)C2)cc1Cl. The molecule has 2 aromatic carbocycles. The Balaban J connectivity index is 1.76. The van der Waals surface area contributed by atoms with E-state index in [0.29, 0.717) is 16.2 Å². The summed E-state index contributed by atoms with van der Waals surface area (Å²) in [4.78, 5) is 0.0162. The van der Waals surface area contributed by atoms with Gasteiger partial charge in [0.15, 0.2) is 6.01 Å². The fraction of sp³-hybridized carbons (Fsp3) is 0.333. The van der Waals surface area contributed by atoms with E-state index >= 15 is 0 Å². The molecule has 142 valence electrons. The second-order valence-corrected chi connectivity index (χ2v) is 9.73. The van der Waals surface area contributed by atoms with Crippen molar-refractivity contribution < 1.29 is 17.5 Å². The summed E-state index contributed by atoms with van der Waals surface area (Å²) in [7, 11) is -2.25. The van der Waals surface area contributed by atoms with Crippen LogP contribution in [0.4, 0.5) is 4.39 Å². The van der Waals surface area contributed by atoms with E-state index < -0.39 is 15.8 Å². The standard InChI is InChI=1S/C21H20ClFO3S/c1-26-20-7-4-15(10-19(20)22)18-12-21(8-9-21)11-17(18)14-2-5-16(6-3-14)27(24,25)13-23/h2-7,10H,8-9,11-13H2,1H3. The molecule has 4 rings (SSSR count). The summed E-state index contributed by atoms with van der Waals surface area (Å²) in [6.45, 7) is 0. The Morgan fingerprint density at radius 2 is 1.63 bits per heavy atom. The summed E-state index contributed by atoms with van der Waals surface area (Å²) in [5, 5.41) is 0.572. The Hall–Kier alpha value is -1.85. The van der Waals surface area contributed by atoms with Gasteiger partial charge in [-0.1, -0.05) is 29.8 Å². The Morgan fingerprint density at radius 1 is 1.04 bits per heavy atom. The molecule has 27 heavy (non-hydrogen) atoms. The third-order valence-corrected chi connectivity index (χ3v) is 7.20. The predicted molar refractivity (Wildman–Crippen MR) is 105 cm³/mol. The van der Waals surface area contributed by atoms with Gasteiger partial charge in [-0.05, 0) is 77.6 Å². The van der Waals surface area contributed by atoms with Crippen LogP contribution in [0.2, 0.25) is 5.02 Å². The van der Waals surface area contributed by atoms with Crippen LogP contribution in [0.3, 0.4) is 0 Å². The Kier molecular flexibility index (Phi) is 4.55. The number of methoxy groups -OCH3 is 1. The quantitative estimate of drug-likeness (QED) is 0.655. The lowest BCUT2D eigenvalue weighted by molar-refractivity contribution is 0.415. The number of ether oxygens (including phenoxy) is 1. The van der Waals surface area contributed by atoms with Gasteiger partial charge in [0.25, 0.3) is 0 Å². The van der Waals surface area contributed by atoms with Crippen LogP contribution in [-0.4, -0.2) is 21.5 Å². The van der Waals surface area contributed by atoms with E-state index in [1.54, 1.807) is 19.2 Å². The van der Waals surface area contributed by atoms with Crippen LogP contribution in [0.1, 0.15) is 36.8 Å². The van der Waals surface area contributed by atoms with Gasteiger partial charge in [0.1, 0.15) is 5.75 Å². The summed E-state index contributed by atoms with van der Waals surface area (Å²) in [6, 6.07) is 11.0. The van der Waals surface area contributed by atoms with Gasteiger partial charge in [0.2, 0.25) is 9.84 Å².